The number of aromatic amines is 1. The van der Waals surface area contributed by atoms with Gasteiger partial charge in [-0.15, -0.1) is 0 Å². The van der Waals surface area contributed by atoms with Gasteiger partial charge < -0.3 is 19.6 Å². The largest absolute Gasteiger partial charge is 0.497 e. The second kappa shape index (κ2) is 7.15. The van der Waals surface area contributed by atoms with Gasteiger partial charge in [-0.05, 0) is 20.0 Å². The molecule has 0 aliphatic heterocycles. The van der Waals surface area contributed by atoms with E-state index < -0.39 is 5.97 Å². The van der Waals surface area contributed by atoms with Crippen LogP contribution < -0.4 is 9.47 Å². The third kappa shape index (κ3) is 4.01. The Balaban J connectivity index is 2.28. The quantitative estimate of drug-likeness (QED) is 0.812. The molecule has 0 aliphatic rings. The molecule has 7 heteroatoms. The zero-order valence-electron chi connectivity index (χ0n) is 13.7. The summed E-state index contributed by atoms with van der Waals surface area (Å²) in [6, 6.07) is 3.19. The second-order valence-electron chi connectivity index (χ2n) is 5.35. The number of carboxylic acid groups (broad SMARTS) is 1. The monoisotopic (exact) mass is 319 g/mol. The minimum Gasteiger partial charge on any atom is -0.497 e. The highest BCUT2D eigenvalue weighted by molar-refractivity contribution is 5.91. The molecule has 0 amide bonds. The lowest BCUT2D eigenvalue weighted by Crippen LogP contribution is -2.20. The average molecular weight is 319 g/mol. The van der Waals surface area contributed by atoms with Crippen molar-refractivity contribution in [3.63, 3.8) is 0 Å². The molecule has 0 saturated carbocycles. The van der Waals surface area contributed by atoms with E-state index in [9.17, 15) is 9.90 Å². The minimum atomic E-state index is -1.01. The number of aryl methyl sites for hydroxylation is 1. The van der Waals surface area contributed by atoms with Crippen molar-refractivity contribution < 1.29 is 19.4 Å². The van der Waals surface area contributed by atoms with Crippen LogP contribution in [-0.2, 0) is 13.1 Å². The Labute approximate surface area is 134 Å². The van der Waals surface area contributed by atoms with Crippen LogP contribution >= 0.6 is 0 Å². The highest BCUT2D eigenvalue weighted by atomic mass is 16.5. The maximum absolute atomic E-state index is 11.6. The van der Waals surface area contributed by atoms with Crippen LogP contribution in [0.4, 0.5) is 0 Å². The van der Waals surface area contributed by atoms with E-state index in [0.29, 0.717) is 30.2 Å². The zero-order chi connectivity index (χ0) is 17.0. The molecule has 2 N–H and O–H groups in total. The maximum atomic E-state index is 11.6. The predicted octanol–water partition coefficient (Wildman–Crippen LogP) is 2.07. The van der Waals surface area contributed by atoms with Crippen LogP contribution in [0.1, 0.15) is 27.4 Å². The lowest BCUT2D eigenvalue weighted by Gasteiger charge is -2.19. The number of nitrogens with zero attached hydrogens (tertiary/aromatic N) is 2. The number of carboxylic acids is 1. The smallest absolute Gasteiger partial charge is 0.336 e. The third-order valence-corrected chi connectivity index (χ3v) is 3.47. The van der Waals surface area contributed by atoms with E-state index >= 15 is 0 Å². The lowest BCUT2D eigenvalue weighted by atomic mass is 10.0. The Bertz CT molecular complexity index is 697. The summed E-state index contributed by atoms with van der Waals surface area (Å²) < 4.78 is 10.5. The van der Waals surface area contributed by atoms with E-state index in [-0.39, 0.29) is 5.56 Å². The van der Waals surface area contributed by atoms with Crippen molar-refractivity contribution in [2.24, 2.45) is 0 Å². The van der Waals surface area contributed by atoms with Crippen molar-refractivity contribution >= 4 is 5.97 Å². The summed E-state index contributed by atoms with van der Waals surface area (Å²) in [4.78, 5) is 20.9. The van der Waals surface area contributed by atoms with Gasteiger partial charge in [0, 0.05) is 30.1 Å². The highest BCUT2D eigenvalue weighted by Crippen LogP contribution is 2.30. The van der Waals surface area contributed by atoms with Crippen LogP contribution in [0.5, 0.6) is 11.5 Å². The van der Waals surface area contributed by atoms with E-state index in [4.69, 9.17) is 9.47 Å². The average Bonchev–Trinajstić information content (AvgIpc) is 2.91. The molecule has 0 radical (unpaired) electrons. The van der Waals surface area contributed by atoms with E-state index in [1.807, 2.05) is 18.9 Å². The number of aromatic nitrogens is 2. The summed E-state index contributed by atoms with van der Waals surface area (Å²) in [6.07, 6.45) is 1.76. The first-order valence-electron chi connectivity index (χ1n) is 7.11. The van der Waals surface area contributed by atoms with Gasteiger partial charge in [0.25, 0.3) is 0 Å². The van der Waals surface area contributed by atoms with Gasteiger partial charge in [0.2, 0.25) is 0 Å². The summed E-state index contributed by atoms with van der Waals surface area (Å²) >= 11 is 0. The third-order valence-electron chi connectivity index (χ3n) is 3.47. The predicted molar refractivity (Wildman–Crippen MR) is 85.0 cm³/mol. The van der Waals surface area contributed by atoms with Crippen LogP contribution in [0.3, 0.4) is 0 Å². The van der Waals surface area contributed by atoms with Gasteiger partial charge in [-0.2, -0.15) is 0 Å². The fourth-order valence-corrected chi connectivity index (χ4v) is 2.40. The van der Waals surface area contributed by atoms with Crippen LogP contribution in [0.2, 0.25) is 0 Å². The normalized spacial score (nSPS) is 10.8. The number of hydrogen-bond donors (Lipinski definition) is 2. The van der Waals surface area contributed by atoms with Gasteiger partial charge in [0.05, 0.1) is 26.3 Å². The van der Waals surface area contributed by atoms with Gasteiger partial charge in [0.15, 0.2) is 0 Å². The van der Waals surface area contributed by atoms with Crippen molar-refractivity contribution in [3.05, 3.63) is 41.0 Å². The Hall–Kier alpha value is -2.54. The molecular weight excluding hydrogens is 298 g/mol. The SMILES string of the molecule is COc1cc(OC)c(CN(C)Cc2ncc(C)[nH]2)c(C(=O)O)c1. The number of aromatic carboxylic acids is 1. The summed E-state index contributed by atoms with van der Waals surface area (Å²) in [5.41, 5.74) is 1.76. The number of ether oxygens (including phenoxy) is 2. The summed E-state index contributed by atoms with van der Waals surface area (Å²) in [6.45, 7) is 2.92. The van der Waals surface area contributed by atoms with E-state index in [2.05, 4.69) is 9.97 Å². The van der Waals surface area contributed by atoms with Crippen molar-refractivity contribution in [1.82, 2.24) is 14.9 Å². The molecule has 124 valence electrons. The Morgan fingerprint density at radius 2 is 2.04 bits per heavy atom. The topological polar surface area (TPSA) is 87.7 Å². The van der Waals surface area contributed by atoms with Gasteiger partial charge >= 0.3 is 5.97 Å². The number of benzene rings is 1. The molecule has 1 aromatic heterocycles. The van der Waals surface area contributed by atoms with Crippen molar-refractivity contribution in [3.8, 4) is 11.5 Å². The number of methoxy groups -OCH3 is 2. The Morgan fingerprint density at radius 1 is 1.30 bits per heavy atom. The Kier molecular flexibility index (Phi) is 5.23. The van der Waals surface area contributed by atoms with Crippen LogP contribution in [-0.4, -0.2) is 47.2 Å². The summed E-state index contributed by atoms with van der Waals surface area (Å²) in [5, 5.41) is 9.46. The second-order valence-corrected chi connectivity index (χ2v) is 5.35. The van der Waals surface area contributed by atoms with Gasteiger partial charge in [-0.25, -0.2) is 9.78 Å². The molecule has 1 heterocycles. The zero-order valence-corrected chi connectivity index (χ0v) is 13.7. The van der Waals surface area contributed by atoms with Crippen molar-refractivity contribution in [1.29, 1.82) is 0 Å². The molecule has 7 nitrogen and oxygen atoms in total. The number of nitrogens with one attached hydrogen (secondary N) is 1. The van der Waals surface area contributed by atoms with Crippen molar-refractivity contribution in [2.75, 3.05) is 21.3 Å². The first kappa shape index (κ1) is 16.8. The highest BCUT2D eigenvalue weighted by Gasteiger charge is 2.19. The molecule has 2 rings (SSSR count). The van der Waals surface area contributed by atoms with Gasteiger partial charge in [0.1, 0.15) is 17.3 Å². The Morgan fingerprint density at radius 3 is 2.57 bits per heavy atom. The first-order chi connectivity index (χ1) is 10.9. The number of rotatable bonds is 7. The molecule has 0 aliphatic carbocycles. The van der Waals surface area contributed by atoms with E-state index in [1.165, 1.54) is 20.3 Å². The summed E-state index contributed by atoms with van der Waals surface area (Å²) in [7, 11) is 4.90. The molecule has 0 bridgehead atoms. The first-order valence-corrected chi connectivity index (χ1v) is 7.11. The number of carbonyl (C=O) groups is 1. The standard InChI is InChI=1S/C16H21N3O4/c1-10-7-17-15(18-10)9-19(2)8-13-12(16(20)21)5-11(22-3)6-14(13)23-4/h5-7H,8-9H2,1-4H3,(H,17,18)(H,20,21). The molecule has 2 aromatic rings. The van der Waals surface area contributed by atoms with Crippen molar-refractivity contribution in [2.45, 2.75) is 20.0 Å². The van der Waals surface area contributed by atoms with E-state index in [0.717, 1.165) is 11.5 Å². The lowest BCUT2D eigenvalue weighted by molar-refractivity contribution is 0.0693. The number of H-pyrrole nitrogens is 1. The minimum absolute atomic E-state index is 0.170. The number of imidazole rings is 1. The molecule has 0 spiro atoms. The maximum Gasteiger partial charge on any atom is 0.336 e. The molecule has 0 atom stereocenters. The molecular formula is C16H21N3O4. The fraction of sp³-hybridized carbons (Fsp3) is 0.375. The van der Waals surface area contributed by atoms with Crippen LogP contribution in [0.15, 0.2) is 18.3 Å². The molecule has 0 fully saturated rings. The van der Waals surface area contributed by atoms with E-state index in [1.54, 1.807) is 12.3 Å². The molecule has 0 saturated heterocycles. The number of hydrogen-bond acceptors (Lipinski definition) is 5. The van der Waals surface area contributed by atoms with Gasteiger partial charge in [-0.1, -0.05) is 0 Å². The molecule has 0 unspecified atom stereocenters. The van der Waals surface area contributed by atoms with Crippen LogP contribution in [0.25, 0.3) is 0 Å². The van der Waals surface area contributed by atoms with Crippen LogP contribution in [0, 0.1) is 6.92 Å². The molecule has 23 heavy (non-hydrogen) atoms. The summed E-state index contributed by atoms with van der Waals surface area (Å²) in [5.74, 6) is 0.755. The molecule has 1 aromatic carbocycles. The fourth-order valence-electron chi connectivity index (χ4n) is 2.40. The van der Waals surface area contributed by atoms with Gasteiger partial charge in [-0.3, -0.25) is 4.90 Å².